The minimum atomic E-state index is -1.08. The van der Waals surface area contributed by atoms with Gasteiger partial charge in [0.1, 0.15) is 12.5 Å². The van der Waals surface area contributed by atoms with Crippen LogP contribution in [0.1, 0.15) is 57.8 Å². The Bertz CT molecular complexity index is 446. The Morgan fingerprint density at radius 3 is 1.82 bits per heavy atom. The van der Waals surface area contributed by atoms with Crippen molar-refractivity contribution in [3.63, 3.8) is 0 Å². The quantitative estimate of drug-likeness (QED) is 0.625. The Labute approximate surface area is 131 Å². The van der Waals surface area contributed by atoms with Crippen LogP contribution in [-0.2, 0) is 14.3 Å². The van der Waals surface area contributed by atoms with E-state index in [1.165, 1.54) is 51.4 Å². The molecule has 0 aromatic rings. The molecule has 4 fully saturated rings. The minimum absolute atomic E-state index is 0.00236. The SMILES string of the molecule is O=C(O)CC(=O)OC(C1CC2CCC1C2)C1CC2CCC1C2. The first-order chi connectivity index (χ1) is 10.6. The second kappa shape index (κ2) is 5.54. The number of carboxylic acid groups (broad SMARTS) is 1. The summed E-state index contributed by atoms with van der Waals surface area (Å²) >= 11 is 0. The Morgan fingerprint density at radius 2 is 1.45 bits per heavy atom. The first-order valence-electron chi connectivity index (χ1n) is 9.01. The highest BCUT2D eigenvalue weighted by atomic mass is 16.5. The average molecular weight is 306 g/mol. The fourth-order valence-electron chi connectivity index (χ4n) is 6.20. The van der Waals surface area contributed by atoms with E-state index in [0.29, 0.717) is 23.7 Å². The van der Waals surface area contributed by atoms with Gasteiger partial charge < -0.3 is 9.84 Å². The molecule has 0 saturated heterocycles. The van der Waals surface area contributed by atoms with Crippen LogP contribution in [0.3, 0.4) is 0 Å². The molecule has 4 nitrogen and oxygen atoms in total. The lowest BCUT2D eigenvalue weighted by molar-refractivity contribution is -0.162. The Morgan fingerprint density at radius 1 is 0.909 bits per heavy atom. The standard InChI is InChI=1S/C18H26O4/c19-16(20)9-17(21)22-18(14-7-10-1-3-12(14)5-10)15-8-11-2-4-13(15)6-11/h10-15,18H,1-9H2,(H,19,20). The molecule has 0 aromatic carbocycles. The van der Waals surface area contributed by atoms with Crippen LogP contribution in [0.15, 0.2) is 0 Å². The van der Waals surface area contributed by atoms with Crippen LogP contribution in [0.5, 0.6) is 0 Å². The molecule has 22 heavy (non-hydrogen) atoms. The molecule has 0 aromatic heterocycles. The smallest absolute Gasteiger partial charge is 0.317 e. The number of ether oxygens (including phenoxy) is 1. The maximum absolute atomic E-state index is 12.0. The molecule has 0 radical (unpaired) electrons. The monoisotopic (exact) mass is 306 g/mol. The normalized spacial score (nSPS) is 43.5. The third-order valence-electron chi connectivity index (χ3n) is 6.99. The molecule has 0 aliphatic heterocycles. The van der Waals surface area contributed by atoms with Gasteiger partial charge in [0.15, 0.2) is 0 Å². The van der Waals surface area contributed by atoms with Crippen molar-refractivity contribution in [2.75, 3.05) is 0 Å². The van der Waals surface area contributed by atoms with Gasteiger partial charge in [-0.25, -0.2) is 0 Å². The summed E-state index contributed by atoms with van der Waals surface area (Å²) in [6.45, 7) is 0. The number of carbonyl (C=O) groups excluding carboxylic acids is 1. The molecule has 4 heteroatoms. The van der Waals surface area contributed by atoms with Gasteiger partial charge in [-0.1, -0.05) is 12.8 Å². The highest BCUT2D eigenvalue weighted by molar-refractivity contribution is 5.90. The van der Waals surface area contributed by atoms with Crippen molar-refractivity contribution in [1.82, 2.24) is 0 Å². The van der Waals surface area contributed by atoms with Crippen LogP contribution in [0.4, 0.5) is 0 Å². The molecule has 6 atom stereocenters. The summed E-state index contributed by atoms with van der Waals surface area (Å²) in [5.41, 5.74) is 0. The fraction of sp³-hybridized carbons (Fsp3) is 0.889. The number of hydrogen-bond acceptors (Lipinski definition) is 3. The third-order valence-corrected chi connectivity index (χ3v) is 6.99. The van der Waals surface area contributed by atoms with Gasteiger partial charge >= 0.3 is 11.9 Å². The van der Waals surface area contributed by atoms with Crippen molar-refractivity contribution in [3.8, 4) is 0 Å². The van der Waals surface area contributed by atoms with Crippen LogP contribution in [0.2, 0.25) is 0 Å². The molecular weight excluding hydrogens is 280 g/mol. The lowest BCUT2D eigenvalue weighted by Crippen LogP contribution is -2.39. The van der Waals surface area contributed by atoms with E-state index in [2.05, 4.69) is 0 Å². The van der Waals surface area contributed by atoms with E-state index in [-0.39, 0.29) is 6.10 Å². The predicted molar refractivity (Wildman–Crippen MR) is 80.0 cm³/mol. The molecule has 4 bridgehead atoms. The van der Waals surface area contributed by atoms with Crippen molar-refractivity contribution in [1.29, 1.82) is 0 Å². The molecule has 4 aliphatic rings. The molecule has 0 spiro atoms. The van der Waals surface area contributed by atoms with Gasteiger partial charge in [-0.3, -0.25) is 9.59 Å². The first kappa shape index (κ1) is 14.5. The average Bonchev–Trinajstić information content (AvgIpc) is 3.22. The molecule has 4 saturated carbocycles. The third kappa shape index (κ3) is 2.55. The summed E-state index contributed by atoms with van der Waals surface area (Å²) in [6.07, 6.45) is 9.76. The summed E-state index contributed by atoms with van der Waals surface area (Å²) in [4.78, 5) is 22.8. The van der Waals surface area contributed by atoms with E-state index in [0.717, 1.165) is 11.8 Å². The summed E-state index contributed by atoms with van der Waals surface area (Å²) in [5.74, 6) is 2.48. The van der Waals surface area contributed by atoms with Gasteiger partial charge in [0.05, 0.1) is 0 Å². The Kier molecular flexibility index (Phi) is 3.66. The van der Waals surface area contributed by atoms with Gasteiger partial charge in [-0.05, 0) is 74.0 Å². The fourth-order valence-corrected chi connectivity index (χ4v) is 6.20. The van der Waals surface area contributed by atoms with Crippen molar-refractivity contribution >= 4 is 11.9 Å². The van der Waals surface area contributed by atoms with E-state index in [9.17, 15) is 9.59 Å². The van der Waals surface area contributed by atoms with Crippen LogP contribution in [-0.4, -0.2) is 23.1 Å². The van der Waals surface area contributed by atoms with E-state index in [1.807, 2.05) is 0 Å². The van der Waals surface area contributed by atoms with Gasteiger partial charge in [0, 0.05) is 0 Å². The molecule has 4 aliphatic carbocycles. The number of esters is 1. The van der Waals surface area contributed by atoms with Crippen LogP contribution in [0.25, 0.3) is 0 Å². The molecule has 122 valence electrons. The molecule has 6 unspecified atom stereocenters. The molecule has 4 rings (SSSR count). The lowest BCUT2D eigenvalue weighted by atomic mass is 9.74. The number of aliphatic carboxylic acids is 1. The van der Waals surface area contributed by atoms with Gasteiger partial charge in [-0.2, -0.15) is 0 Å². The van der Waals surface area contributed by atoms with Gasteiger partial charge in [0.2, 0.25) is 0 Å². The van der Waals surface area contributed by atoms with E-state index in [4.69, 9.17) is 9.84 Å². The van der Waals surface area contributed by atoms with E-state index in [1.54, 1.807) is 0 Å². The lowest BCUT2D eigenvalue weighted by Gasteiger charge is -2.37. The van der Waals surface area contributed by atoms with Crippen molar-refractivity contribution < 1.29 is 19.4 Å². The van der Waals surface area contributed by atoms with Crippen molar-refractivity contribution in [3.05, 3.63) is 0 Å². The van der Waals surface area contributed by atoms with Crippen molar-refractivity contribution in [2.45, 2.75) is 63.9 Å². The summed E-state index contributed by atoms with van der Waals surface area (Å²) < 4.78 is 5.81. The summed E-state index contributed by atoms with van der Waals surface area (Å²) in [5, 5.41) is 8.84. The molecule has 0 amide bonds. The Hall–Kier alpha value is -1.06. The number of fused-ring (bicyclic) bond motifs is 4. The predicted octanol–water partition coefficient (Wildman–Crippen LogP) is 3.25. The van der Waals surface area contributed by atoms with Crippen LogP contribution in [0, 0.1) is 35.5 Å². The molecule has 1 N–H and O–H groups in total. The second-order valence-electron chi connectivity index (χ2n) is 8.20. The van der Waals surface area contributed by atoms with Gasteiger partial charge in [-0.15, -0.1) is 0 Å². The number of carboxylic acids is 1. The minimum Gasteiger partial charge on any atom is -0.481 e. The number of rotatable bonds is 5. The topological polar surface area (TPSA) is 63.6 Å². The zero-order chi connectivity index (χ0) is 15.3. The molecular formula is C18H26O4. The van der Waals surface area contributed by atoms with Gasteiger partial charge in [0.25, 0.3) is 0 Å². The first-order valence-corrected chi connectivity index (χ1v) is 9.01. The van der Waals surface area contributed by atoms with Crippen molar-refractivity contribution in [2.24, 2.45) is 35.5 Å². The van der Waals surface area contributed by atoms with Crippen LogP contribution < -0.4 is 0 Å². The summed E-state index contributed by atoms with van der Waals surface area (Å²) in [7, 11) is 0. The zero-order valence-electron chi connectivity index (χ0n) is 13.1. The van der Waals surface area contributed by atoms with E-state index < -0.39 is 18.4 Å². The largest absolute Gasteiger partial charge is 0.481 e. The number of hydrogen-bond donors (Lipinski definition) is 1. The Balaban J connectivity index is 1.50. The highest BCUT2D eigenvalue weighted by Crippen LogP contribution is 2.56. The zero-order valence-corrected chi connectivity index (χ0v) is 13.1. The summed E-state index contributed by atoms with van der Waals surface area (Å²) in [6, 6.07) is 0. The highest BCUT2D eigenvalue weighted by Gasteiger charge is 2.51. The molecule has 0 heterocycles. The number of carbonyl (C=O) groups is 2. The maximum Gasteiger partial charge on any atom is 0.317 e. The maximum atomic E-state index is 12.0. The van der Waals surface area contributed by atoms with Crippen LogP contribution >= 0.6 is 0 Å². The second-order valence-corrected chi connectivity index (χ2v) is 8.20. The van der Waals surface area contributed by atoms with E-state index >= 15 is 0 Å².